The van der Waals surface area contributed by atoms with Crippen LogP contribution in [-0.4, -0.2) is 19.9 Å². The monoisotopic (exact) mass is 328 g/mol. The molecule has 1 aromatic carbocycles. The largest absolute Gasteiger partial charge is 0.424 e. The second kappa shape index (κ2) is 6.28. The maximum Gasteiger partial charge on any atom is 0.322 e. The van der Waals surface area contributed by atoms with Crippen molar-refractivity contribution < 1.29 is 4.74 Å². The third-order valence-electron chi connectivity index (χ3n) is 3.79. The molecule has 3 aromatic heterocycles. The zero-order valence-electron chi connectivity index (χ0n) is 14.0. The van der Waals surface area contributed by atoms with Crippen LogP contribution in [-0.2, 0) is 0 Å². The normalized spacial score (nSPS) is 10.8. The first-order valence-corrected chi connectivity index (χ1v) is 8.00. The minimum absolute atomic E-state index is 0.337. The molecule has 0 amide bonds. The van der Waals surface area contributed by atoms with Gasteiger partial charge >= 0.3 is 6.01 Å². The summed E-state index contributed by atoms with van der Waals surface area (Å²) in [4.78, 5) is 17.7. The van der Waals surface area contributed by atoms with Gasteiger partial charge in [0.1, 0.15) is 5.75 Å². The highest BCUT2D eigenvalue weighted by atomic mass is 16.5. The fourth-order valence-corrected chi connectivity index (χ4v) is 2.71. The molecule has 0 fully saturated rings. The van der Waals surface area contributed by atoms with Crippen molar-refractivity contribution in [1.82, 2.24) is 19.9 Å². The number of ether oxygens (including phenoxy) is 1. The Morgan fingerprint density at radius 1 is 0.800 bits per heavy atom. The molecule has 0 N–H and O–H groups in total. The van der Waals surface area contributed by atoms with Crippen LogP contribution in [0.15, 0.2) is 60.8 Å². The molecule has 0 unspecified atom stereocenters. The molecular formula is C20H16N4O. The van der Waals surface area contributed by atoms with Crippen molar-refractivity contribution in [2.45, 2.75) is 13.8 Å². The molecule has 0 atom stereocenters. The molecule has 0 radical (unpaired) electrons. The van der Waals surface area contributed by atoms with Crippen LogP contribution < -0.4 is 4.74 Å². The van der Waals surface area contributed by atoms with Crippen molar-refractivity contribution in [1.29, 1.82) is 0 Å². The molecule has 5 heteroatoms. The van der Waals surface area contributed by atoms with E-state index in [2.05, 4.69) is 19.9 Å². The number of rotatable bonds is 3. The molecule has 3 heterocycles. The minimum Gasteiger partial charge on any atom is -0.424 e. The van der Waals surface area contributed by atoms with Gasteiger partial charge in [-0.15, -0.1) is 0 Å². The standard InChI is InChI=1S/C20H16N4O/c1-13-12-14(2)23-20(22-13)25-18-8-4-3-7-16(18)17-10-9-15-6-5-11-21-19(15)24-17/h3-12H,1-2H3. The van der Waals surface area contributed by atoms with Crippen LogP contribution in [0.1, 0.15) is 11.4 Å². The minimum atomic E-state index is 0.337. The van der Waals surface area contributed by atoms with Crippen LogP contribution in [0.5, 0.6) is 11.8 Å². The lowest BCUT2D eigenvalue weighted by Crippen LogP contribution is -1.97. The van der Waals surface area contributed by atoms with Crippen molar-refractivity contribution >= 4 is 11.0 Å². The first kappa shape index (κ1) is 15.2. The highest BCUT2D eigenvalue weighted by Crippen LogP contribution is 2.31. The summed E-state index contributed by atoms with van der Waals surface area (Å²) in [6, 6.07) is 17.8. The van der Waals surface area contributed by atoms with Crippen molar-refractivity contribution in [3.63, 3.8) is 0 Å². The van der Waals surface area contributed by atoms with Gasteiger partial charge in [0.25, 0.3) is 0 Å². The summed E-state index contributed by atoms with van der Waals surface area (Å²) in [5, 5.41) is 1.00. The summed E-state index contributed by atoms with van der Waals surface area (Å²) in [5.41, 5.74) is 4.11. The number of fused-ring (bicyclic) bond motifs is 1. The second-order valence-electron chi connectivity index (χ2n) is 5.78. The number of aromatic nitrogens is 4. The maximum atomic E-state index is 5.96. The number of benzene rings is 1. The first-order chi connectivity index (χ1) is 12.2. The molecule has 122 valence electrons. The van der Waals surface area contributed by atoms with Gasteiger partial charge in [-0.1, -0.05) is 12.1 Å². The van der Waals surface area contributed by atoms with Crippen LogP contribution in [0.2, 0.25) is 0 Å². The molecule has 4 rings (SSSR count). The Balaban J connectivity index is 1.77. The summed E-state index contributed by atoms with van der Waals surface area (Å²) in [6.07, 6.45) is 1.74. The lowest BCUT2D eigenvalue weighted by molar-refractivity contribution is 0.440. The number of hydrogen-bond donors (Lipinski definition) is 0. The average Bonchev–Trinajstić information content (AvgIpc) is 2.61. The molecule has 0 saturated heterocycles. The third kappa shape index (κ3) is 3.17. The summed E-state index contributed by atoms with van der Waals surface area (Å²) in [7, 11) is 0. The topological polar surface area (TPSA) is 60.8 Å². The zero-order chi connectivity index (χ0) is 17.2. The van der Waals surface area contributed by atoms with Crippen LogP contribution >= 0.6 is 0 Å². The van der Waals surface area contributed by atoms with E-state index in [0.717, 1.165) is 28.0 Å². The van der Waals surface area contributed by atoms with Gasteiger partial charge in [0.2, 0.25) is 0 Å². The van der Waals surface area contributed by atoms with E-state index < -0.39 is 0 Å². The Hall–Kier alpha value is -3.34. The Labute approximate surface area is 145 Å². The van der Waals surface area contributed by atoms with Crippen LogP contribution in [0.25, 0.3) is 22.3 Å². The predicted molar refractivity (Wildman–Crippen MR) is 96.6 cm³/mol. The SMILES string of the molecule is Cc1cc(C)nc(Oc2ccccc2-c2ccc3cccnc3n2)n1. The Morgan fingerprint density at radius 2 is 1.60 bits per heavy atom. The highest BCUT2D eigenvalue weighted by molar-refractivity contribution is 5.79. The van der Waals surface area contributed by atoms with E-state index in [9.17, 15) is 0 Å². The van der Waals surface area contributed by atoms with Crippen molar-refractivity contribution in [2.24, 2.45) is 0 Å². The molecule has 0 aliphatic carbocycles. The summed E-state index contributed by atoms with van der Waals surface area (Å²) >= 11 is 0. The van der Waals surface area contributed by atoms with E-state index in [-0.39, 0.29) is 0 Å². The Kier molecular flexibility index (Phi) is 3.82. The van der Waals surface area contributed by atoms with E-state index in [1.54, 1.807) is 6.20 Å². The number of para-hydroxylation sites is 1. The van der Waals surface area contributed by atoms with Gasteiger partial charge in [-0.25, -0.2) is 19.9 Å². The Bertz CT molecular complexity index is 1040. The van der Waals surface area contributed by atoms with Crippen molar-refractivity contribution in [2.75, 3.05) is 0 Å². The van der Waals surface area contributed by atoms with Gasteiger partial charge in [0.05, 0.1) is 5.69 Å². The summed E-state index contributed by atoms with van der Waals surface area (Å²) < 4.78 is 5.96. The number of hydrogen-bond acceptors (Lipinski definition) is 5. The second-order valence-corrected chi connectivity index (χ2v) is 5.78. The molecule has 4 aromatic rings. The number of aryl methyl sites for hydroxylation is 2. The van der Waals surface area contributed by atoms with Crippen molar-refractivity contribution in [3.05, 3.63) is 72.2 Å². The van der Waals surface area contributed by atoms with Crippen molar-refractivity contribution in [3.8, 4) is 23.0 Å². The first-order valence-electron chi connectivity index (χ1n) is 8.00. The number of pyridine rings is 2. The van der Waals surface area contributed by atoms with E-state index in [1.807, 2.05) is 68.4 Å². The molecule has 0 bridgehead atoms. The number of nitrogens with zero attached hydrogens (tertiary/aromatic N) is 4. The molecule has 5 nitrogen and oxygen atoms in total. The van der Waals surface area contributed by atoms with Crippen LogP contribution in [0.4, 0.5) is 0 Å². The molecule has 0 aliphatic heterocycles. The zero-order valence-corrected chi connectivity index (χ0v) is 14.0. The van der Waals surface area contributed by atoms with Gasteiger partial charge < -0.3 is 4.74 Å². The predicted octanol–water partition coefficient (Wildman–Crippen LogP) is 4.50. The molecule has 25 heavy (non-hydrogen) atoms. The van der Waals surface area contributed by atoms with E-state index >= 15 is 0 Å². The molecule has 0 aliphatic rings. The van der Waals surface area contributed by atoms with E-state index in [0.29, 0.717) is 17.4 Å². The maximum absolute atomic E-state index is 5.96. The van der Waals surface area contributed by atoms with Crippen LogP contribution in [0.3, 0.4) is 0 Å². The quantitative estimate of drug-likeness (QED) is 0.554. The van der Waals surface area contributed by atoms with Gasteiger partial charge in [0.15, 0.2) is 5.65 Å². The van der Waals surface area contributed by atoms with Crippen LogP contribution in [0, 0.1) is 13.8 Å². The summed E-state index contributed by atoms with van der Waals surface area (Å²) in [5.74, 6) is 0.662. The van der Waals surface area contributed by atoms with E-state index in [4.69, 9.17) is 4.74 Å². The Morgan fingerprint density at radius 3 is 2.44 bits per heavy atom. The molecule has 0 spiro atoms. The average molecular weight is 328 g/mol. The smallest absolute Gasteiger partial charge is 0.322 e. The van der Waals surface area contributed by atoms with E-state index in [1.165, 1.54) is 0 Å². The van der Waals surface area contributed by atoms with Gasteiger partial charge in [0, 0.05) is 28.5 Å². The third-order valence-corrected chi connectivity index (χ3v) is 3.79. The van der Waals surface area contributed by atoms with Gasteiger partial charge in [-0.3, -0.25) is 0 Å². The van der Waals surface area contributed by atoms with Gasteiger partial charge in [-0.05, 0) is 56.3 Å². The molecular weight excluding hydrogens is 312 g/mol. The lowest BCUT2D eigenvalue weighted by atomic mass is 10.1. The lowest BCUT2D eigenvalue weighted by Gasteiger charge is -2.10. The fourth-order valence-electron chi connectivity index (χ4n) is 2.71. The fraction of sp³-hybridized carbons (Fsp3) is 0.100. The molecule has 0 saturated carbocycles. The summed E-state index contributed by atoms with van der Waals surface area (Å²) in [6.45, 7) is 3.84. The highest BCUT2D eigenvalue weighted by Gasteiger charge is 2.11. The van der Waals surface area contributed by atoms with Gasteiger partial charge in [-0.2, -0.15) is 0 Å².